The molecule has 11 nitrogen and oxygen atoms in total. The number of amides is 3. The molecule has 2 aliphatic rings. The third-order valence-electron chi connectivity index (χ3n) is 5.36. The molecule has 0 radical (unpaired) electrons. The van der Waals surface area contributed by atoms with E-state index in [0.29, 0.717) is 66.0 Å². The zero-order chi connectivity index (χ0) is 25.7. The zero-order valence-corrected chi connectivity index (χ0v) is 21.0. The van der Waals surface area contributed by atoms with Gasteiger partial charge in [-0.2, -0.15) is 0 Å². The maximum atomic E-state index is 11.9. The second-order valence-corrected chi connectivity index (χ2v) is 8.16. The lowest BCUT2D eigenvalue weighted by atomic mass is 10.0. The molecular weight excluding hydrogens is 472 g/mol. The Hall–Kier alpha value is -2.31. The number of hydrogen-bond acceptors (Lipinski definition) is 9. The molecule has 0 fully saturated rings. The first-order chi connectivity index (χ1) is 17.7. The van der Waals surface area contributed by atoms with E-state index in [4.69, 9.17) is 28.4 Å². The van der Waals surface area contributed by atoms with Crippen molar-refractivity contribution in [1.82, 2.24) is 10.2 Å². The lowest BCUT2D eigenvalue weighted by Gasteiger charge is -2.18. The van der Waals surface area contributed by atoms with E-state index in [2.05, 4.69) is 17.5 Å². The minimum atomic E-state index is -0.385. The molecule has 1 aliphatic carbocycles. The molecular formula is C25H40N2O9. The lowest BCUT2D eigenvalue weighted by molar-refractivity contribution is -0.137. The van der Waals surface area contributed by atoms with Gasteiger partial charge in [-0.3, -0.25) is 14.5 Å². The molecule has 1 atom stereocenters. The smallest absolute Gasteiger partial charge is 0.407 e. The summed E-state index contributed by atoms with van der Waals surface area (Å²) in [5, 5.41) is 2.72. The van der Waals surface area contributed by atoms with E-state index in [9.17, 15) is 14.4 Å². The molecule has 1 aliphatic heterocycles. The Labute approximate surface area is 213 Å². The van der Waals surface area contributed by atoms with Gasteiger partial charge in [0, 0.05) is 18.7 Å². The standard InChI is InChI=1S/C25H40N2O9/c28-23-8-9-24(29)27(23)11-13-32-15-17-34-19-21-35-20-18-33-16-14-31-12-10-26-25(30)36-22-6-4-2-1-3-5-7-22/h1-2,8-9,22H,3-7,10-21H2,(H,26,30)/b2-1+. The number of rotatable bonds is 19. The molecule has 0 saturated heterocycles. The number of allylic oxidation sites excluding steroid dienone is 2. The summed E-state index contributed by atoms with van der Waals surface area (Å²) in [5.74, 6) is -0.614. The van der Waals surface area contributed by atoms with Gasteiger partial charge in [0.1, 0.15) is 6.10 Å². The van der Waals surface area contributed by atoms with Crippen molar-refractivity contribution >= 4 is 17.9 Å². The Kier molecular flexibility index (Phi) is 16.5. The fourth-order valence-electron chi connectivity index (χ4n) is 3.45. The minimum absolute atomic E-state index is 0.0113. The number of carbonyl (C=O) groups excluding carboxylic acids is 3. The topological polar surface area (TPSA) is 122 Å². The van der Waals surface area contributed by atoms with Crippen LogP contribution in [-0.4, -0.2) is 108 Å². The Morgan fingerprint density at radius 2 is 1.28 bits per heavy atom. The van der Waals surface area contributed by atoms with Crippen LogP contribution in [0.15, 0.2) is 24.3 Å². The largest absolute Gasteiger partial charge is 0.446 e. The highest BCUT2D eigenvalue weighted by atomic mass is 16.6. The number of ether oxygens (including phenoxy) is 6. The van der Waals surface area contributed by atoms with Gasteiger partial charge in [-0.1, -0.05) is 12.2 Å². The molecule has 0 bridgehead atoms. The third-order valence-corrected chi connectivity index (χ3v) is 5.36. The van der Waals surface area contributed by atoms with Crippen molar-refractivity contribution in [1.29, 1.82) is 0 Å². The second-order valence-electron chi connectivity index (χ2n) is 8.16. The maximum absolute atomic E-state index is 11.9. The lowest BCUT2D eigenvalue weighted by Crippen LogP contribution is -2.33. The second kappa shape index (κ2) is 19.8. The van der Waals surface area contributed by atoms with Gasteiger partial charge in [-0.05, 0) is 32.1 Å². The van der Waals surface area contributed by atoms with E-state index < -0.39 is 0 Å². The average Bonchev–Trinajstić information content (AvgIpc) is 3.17. The predicted octanol–water partition coefficient (Wildman–Crippen LogP) is 1.61. The van der Waals surface area contributed by atoms with Gasteiger partial charge in [0.15, 0.2) is 0 Å². The summed E-state index contributed by atoms with van der Waals surface area (Å²) >= 11 is 0. The van der Waals surface area contributed by atoms with E-state index >= 15 is 0 Å². The fourth-order valence-corrected chi connectivity index (χ4v) is 3.45. The van der Waals surface area contributed by atoms with Crippen LogP contribution in [0.3, 0.4) is 0 Å². The van der Waals surface area contributed by atoms with Crippen molar-refractivity contribution in [3.63, 3.8) is 0 Å². The molecule has 36 heavy (non-hydrogen) atoms. The molecule has 204 valence electrons. The van der Waals surface area contributed by atoms with E-state index in [0.717, 1.165) is 37.0 Å². The van der Waals surface area contributed by atoms with Gasteiger partial charge < -0.3 is 33.7 Å². The van der Waals surface area contributed by atoms with Gasteiger partial charge >= 0.3 is 6.09 Å². The molecule has 3 amide bonds. The maximum Gasteiger partial charge on any atom is 0.407 e. The molecule has 11 heteroatoms. The van der Waals surface area contributed by atoms with Crippen molar-refractivity contribution in [3.8, 4) is 0 Å². The van der Waals surface area contributed by atoms with Gasteiger partial charge in [0.25, 0.3) is 11.8 Å². The van der Waals surface area contributed by atoms with E-state index in [1.54, 1.807) is 0 Å². The Morgan fingerprint density at radius 3 is 1.89 bits per heavy atom. The van der Waals surface area contributed by atoms with Crippen LogP contribution in [0.1, 0.15) is 32.1 Å². The highest BCUT2D eigenvalue weighted by Crippen LogP contribution is 2.15. The Morgan fingerprint density at radius 1 is 0.750 bits per heavy atom. The van der Waals surface area contributed by atoms with Crippen LogP contribution >= 0.6 is 0 Å². The molecule has 0 saturated carbocycles. The first-order valence-corrected chi connectivity index (χ1v) is 12.7. The summed E-state index contributed by atoms with van der Waals surface area (Å²) < 4.78 is 32.5. The van der Waals surface area contributed by atoms with Gasteiger partial charge in [0.05, 0.1) is 72.6 Å². The van der Waals surface area contributed by atoms with Gasteiger partial charge in [-0.15, -0.1) is 0 Å². The van der Waals surface area contributed by atoms with E-state index in [1.165, 1.54) is 12.2 Å². The van der Waals surface area contributed by atoms with Gasteiger partial charge in [0.2, 0.25) is 0 Å². The normalized spacial score (nSPS) is 18.8. The molecule has 0 aromatic heterocycles. The Bertz CT molecular complexity index is 681. The summed E-state index contributed by atoms with van der Waals surface area (Å²) in [6.45, 7) is 4.77. The van der Waals surface area contributed by atoms with Crippen LogP contribution in [0.4, 0.5) is 4.79 Å². The molecule has 0 aromatic carbocycles. The number of nitrogens with one attached hydrogen (secondary N) is 1. The fraction of sp³-hybridized carbons (Fsp3) is 0.720. The van der Waals surface area contributed by atoms with Crippen LogP contribution in [0.5, 0.6) is 0 Å². The summed E-state index contributed by atoms with van der Waals surface area (Å²) in [6, 6.07) is 0. The van der Waals surface area contributed by atoms with Crippen molar-refractivity contribution < 1.29 is 42.8 Å². The number of hydrogen-bond donors (Lipinski definition) is 1. The number of nitrogens with zero attached hydrogens (tertiary/aromatic N) is 1. The van der Waals surface area contributed by atoms with Crippen LogP contribution in [-0.2, 0) is 38.0 Å². The van der Waals surface area contributed by atoms with Crippen LogP contribution in [0.25, 0.3) is 0 Å². The molecule has 2 rings (SSSR count). The van der Waals surface area contributed by atoms with Gasteiger partial charge in [-0.25, -0.2) is 4.79 Å². The highest BCUT2D eigenvalue weighted by molar-refractivity contribution is 6.12. The van der Waals surface area contributed by atoms with Crippen LogP contribution in [0.2, 0.25) is 0 Å². The summed E-state index contributed by atoms with van der Waals surface area (Å²) in [4.78, 5) is 35.7. The van der Waals surface area contributed by atoms with Crippen molar-refractivity contribution in [2.75, 3.05) is 79.2 Å². The molecule has 0 spiro atoms. The molecule has 1 N–H and O–H groups in total. The quantitative estimate of drug-likeness (QED) is 0.156. The molecule has 1 unspecified atom stereocenters. The number of carbonyl (C=O) groups is 3. The molecule has 1 heterocycles. The average molecular weight is 513 g/mol. The SMILES string of the molecule is O=C(NCCOCCOCCOCCOCCOCCN1C(=O)C=CC1=O)OC1CC/C=C/CCC1. The predicted molar refractivity (Wildman–Crippen MR) is 130 cm³/mol. The summed E-state index contributed by atoms with van der Waals surface area (Å²) in [6.07, 6.45) is 11.3. The van der Waals surface area contributed by atoms with E-state index in [1.807, 2.05) is 0 Å². The first-order valence-electron chi connectivity index (χ1n) is 12.7. The van der Waals surface area contributed by atoms with E-state index in [-0.39, 0.29) is 37.2 Å². The third kappa shape index (κ3) is 14.3. The number of alkyl carbamates (subject to hydrolysis) is 1. The monoisotopic (exact) mass is 512 g/mol. The summed E-state index contributed by atoms with van der Waals surface area (Å²) in [5.41, 5.74) is 0. The minimum Gasteiger partial charge on any atom is -0.446 e. The van der Waals surface area contributed by atoms with Crippen molar-refractivity contribution in [2.45, 2.75) is 38.2 Å². The van der Waals surface area contributed by atoms with Crippen molar-refractivity contribution in [3.05, 3.63) is 24.3 Å². The summed E-state index contributed by atoms with van der Waals surface area (Å²) in [7, 11) is 0. The molecule has 0 aromatic rings. The van der Waals surface area contributed by atoms with Crippen LogP contribution in [0, 0.1) is 0 Å². The Balaban J connectivity index is 1.25. The first kappa shape index (κ1) is 29.9. The highest BCUT2D eigenvalue weighted by Gasteiger charge is 2.22. The number of imide groups is 1. The van der Waals surface area contributed by atoms with Crippen molar-refractivity contribution in [2.24, 2.45) is 0 Å². The zero-order valence-electron chi connectivity index (χ0n) is 21.0. The van der Waals surface area contributed by atoms with Crippen LogP contribution < -0.4 is 5.32 Å².